The molecular weight excluding hydrogens is 264 g/mol. The molecule has 0 aliphatic rings. The maximum atomic E-state index is 10.9. The highest BCUT2D eigenvalue weighted by molar-refractivity contribution is 7.97. The van der Waals surface area contributed by atoms with Crippen LogP contribution < -0.4 is 5.32 Å². The molecule has 0 aliphatic carbocycles. The number of hydrogen-bond acceptors (Lipinski definition) is 4. The van der Waals surface area contributed by atoms with Crippen LogP contribution in [0.1, 0.15) is 18.2 Å². The SMILES string of the molecule is CC(=O)Nc1nc(CSCc2ccccc2)cs1. The first-order valence-corrected chi connectivity index (χ1v) is 7.61. The normalized spacial score (nSPS) is 10.3. The second-order valence-corrected chi connectivity index (χ2v) is 5.65. The van der Waals surface area contributed by atoms with E-state index >= 15 is 0 Å². The Morgan fingerprint density at radius 1 is 1.33 bits per heavy atom. The van der Waals surface area contributed by atoms with Crippen molar-refractivity contribution in [3.05, 3.63) is 47.0 Å². The van der Waals surface area contributed by atoms with Crippen molar-refractivity contribution >= 4 is 34.1 Å². The molecule has 0 saturated carbocycles. The van der Waals surface area contributed by atoms with Crippen molar-refractivity contribution < 1.29 is 4.79 Å². The first-order chi connectivity index (χ1) is 8.74. The average Bonchev–Trinajstić information content (AvgIpc) is 2.77. The number of anilines is 1. The molecule has 0 bridgehead atoms. The Bertz CT molecular complexity index is 511. The predicted molar refractivity (Wildman–Crippen MR) is 77.9 cm³/mol. The summed E-state index contributed by atoms with van der Waals surface area (Å²) in [6.45, 7) is 1.49. The molecule has 2 rings (SSSR count). The number of thiazole rings is 1. The molecule has 0 aliphatic heterocycles. The Kier molecular flexibility index (Phi) is 4.78. The van der Waals surface area contributed by atoms with Crippen LogP contribution in [-0.2, 0) is 16.3 Å². The van der Waals surface area contributed by atoms with E-state index < -0.39 is 0 Å². The van der Waals surface area contributed by atoms with E-state index in [2.05, 4.69) is 22.4 Å². The third kappa shape index (κ3) is 4.16. The highest BCUT2D eigenvalue weighted by atomic mass is 32.2. The van der Waals surface area contributed by atoms with E-state index in [-0.39, 0.29) is 5.91 Å². The van der Waals surface area contributed by atoms with E-state index in [4.69, 9.17) is 0 Å². The van der Waals surface area contributed by atoms with Crippen LogP contribution >= 0.6 is 23.1 Å². The number of nitrogens with zero attached hydrogens (tertiary/aromatic N) is 1. The number of thioether (sulfide) groups is 1. The molecule has 0 spiro atoms. The topological polar surface area (TPSA) is 42.0 Å². The maximum absolute atomic E-state index is 10.9. The van der Waals surface area contributed by atoms with Crippen LogP contribution in [0.3, 0.4) is 0 Å². The first kappa shape index (κ1) is 13.1. The van der Waals surface area contributed by atoms with E-state index in [1.54, 1.807) is 0 Å². The van der Waals surface area contributed by atoms with Gasteiger partial charge < -0.3 is 5.32 Å². The summed E-state index contributed by atoms with van der Waals surface area (Å²) in [4.78, 5) is 15.2. The minimum absolute atomic E-state index is 0.0761. The van der Waals surface area contributed by atoms with Gasteiger partial charge in [0.2, 0.25) is 5.91 Å². The third-order valence-corrected chi connectivity index (χ3v) is 4.04. The lowest BCUT2D eigenvalue weighted by Crippen LogP contribution is -2.05. The molecule has 0 radical (unpaired) electrons. The van der Waals surface area contributed by atoms with Gasteiger partial charge in [-0.1, -0.05) is 30.3 Å². The van der Waals surface area contributed by atoms with Gasteiger partial charge in [0.25, 0.3) is 0 Å². The smallest absolute Gasteiger partial charge is 0.223 e. The highest BCUT2D eigenvalue weighted by Crippen LogP contribution is 2.21. The predicted octanol–water partition coefficient (Wildman–Crippen LogP) is 3.53. The van der Waals surface area contributed by atoms with E-state index in [1.807, 2.05) is 35.3 Å². The molecule has 0 unspecified atom stereocenters. The maximum Gasteiger partial charge on any atom is 0.223 e. The number of benzene rings is 1. The van der Waals surface area contributed by atoms with Gasteiger partial charge >= 0.3 is 0 Å². The van der Waals surface area contributed by atoms with Gasteiger partial charge in [0.1, 0.15) is 0 Å². The molecule has 94 valence electrons. The number of rotatable bonds is 5. The molecule has 0 saturated heterocycles. The molecule has 0 fully saturated rings. The monoisotopic (exact) mass is 278 g/mol. The number of carbonyl (C=O) groups excluding carboxylic acids is 1. The van der Waals surface area contributed by atoms with Gasteiger partial charge in [-0.2, -0.15) is 11.8 Å². The van der Waals surface area contributed by atoms with Gasteiger partial charge in [-0.15, -0.1) is 11.3 Å². The van der Waals surface area contributed by atoms with Crippen LogP contribution in [0, 0.1) is 0 Å². The van der Waals surface area contributed by atoms with E-state index in [1.165, 1.54) is 23.8 Å². The number of amides is 1. The Labute approximate surface area is 115 Å². The molecule has 1 aromatic heterocycles. The summed E-state index contributed by atoms with van der Waals surface area (Å²) in [6, 6.07) is 10.4. The minimum Gasteiger partial charge on any atom is -0.302 e. The third-order valence-electron chi connectivity index (χ3n) is 2.20. The Morgan fingerprint density at radius 2 is 2.11 bits per heavy atom. The molecule has 1 heterocycles. The fourth-order valence-corrected chi connectivity index (χ4v) is 3.18. The van der Waals surface area contributed by atoms with Crippen molar-refractivity contribution in [1.29, 1.82) is 0 Å². The van der Waals surface area contributed by atoms with Crippen molar-refractivity contribution in [1.82, 2.24) is 4.98 Å². The van der Waals surface area contributed by atoms with Gasteiger partial charge in [-0.25, -0.2) is 4.98 Å². The Morgan fingerprint density at radius 3 is 2.83 bits per heavy atom. The van der Waals surface area contributed by atoms with Gasteiger partial charge in [0.05, 0.1) is 5.69 Å². The molecule has 2 aromatic rings. The second-order valence-electron chi connectivity index (χ2n) is 3.80. The van der Waals surface area contributed by atoms with Crippen LogP contribution in [0.25, 0.3) is 0 Å². The summed E-state index contributed by atoms with van der Waals surface area (Å²) in [5.41, 5.74) is 2.34. The van der Waals surface area contributed by atoms with Gasteiger partial charge in [-0.3, -0.25) is 4.79 Å². The fraction of sp³-hybridized carbons (Fsp3) is 0.231. The molecule has 1 amide bonds. The average molecular weight is 278 g/mol. The van der Waals surface area contributed by atoms with Crippen molar-refractivity contribution in [2.45, 2.75) is 18.4 Å². The summed E-state index contributed by atoms with van der Waals surface area (Å²) in [5.74, 6) is 1.77. The van der Waals surface area contributed by atoms with Crippen LogP contribution in [0.4, 0.5) is 5.13 Å². The van der Waals surface area contributed by atoms with Crippen LogP contribution in [0.5, 0.6) is 0 Å². The number of nitrogens with one attached hydrogen (secondary N) is 1. The number of hydrogen-bond donors (Lipinski definition) is 1. The number of carbonyl (C=O) groups is 1. The lowest BCUT2D eigenvalue weighted by Gasteiger charge is -1.99. The standard InChI is InChI=1S/C13H14N2OS2/c1-10(16)14-13-15-12(9-18-13)8-17-7-11-5-3-2-4-6-11/h2-6,9H,7-8H2,1H3,(H,14,15,16). The summed E-state index contributed by atoms with van der Waals surface area (Å²) >= 11 is 3.29. The zero-order valence-corrected chi connectivity index (χ0v) is 11.7. The van der Waals surface area contributed by atoms with E-state index in [9.17, 15) is 4.79 Å². The zero-order valence-electron chi connectivity index (χ0n) is 10.1. The molecule has 1 N–H and O–H groups in total. The van der Waals surface area contributed by atoms with Crippen molar-refractivity contribution in [3.63, 3.8) is 0 Å². The quantitative estimate of drug-likeness (QED) is 0.909. The lowest BCUT2D eigenvalue weighted by atomic mass is 10.2. The summed E-state index contributed by atoms with van der Waals surface area (Å²) < 4.78 is 0. The summed E-state index contributed by atoms with van der Waals surface area (Å²) in [6.07, 6.45) is 0. The number of aromatic nitrogens is 1. The molecule has 0 atom stereocenters. The lowest BCUT2D eigenvalue weighted by molar-refractivity contribution is -0.114. The van der Waals surface area contributed by atoms with Gasteiger partial charge in [-0.05, 0) is 5.56 Å². The highest BCUT2D eigenvalue weighted by Gasteiger charge is 2.03. The van der Waals surface area contributed by atoms with Crippen LogP contribution in [0.2, 0.25) is 0 Å². The molecule has 18 heavy (non-hydrogen) atoms. The summed E-state index contributed by atoms with van der Waals surface area (Å²) in [7, 11) is 0. The fourth-order valence-electron chi connectivity index (χ4n) is 1.43. The molecule has 3 nitrogen and oxygen atoms in total. The van der Waals surface area contributed by atoms with E-state index in [0.717, 1.165) is 17.2 Å². The minimum atomic E-state index is -0.0761. The van der Waals surface area contributed by atoms with Crippen molar-refractivity contribution in [2.24, 2.45) is 0 Å². The zero-order chi connectivity index (χ0) is 12.8. The molecule has 1 aromatic carbocycles. The molecule has 5 heteroatoms. The van der Waals surface area contributed by atoms with Crippen molar-refractivity contribution in [3.8, 4) is 0 Å². The van der Waals surface area contributed by atoms with Gasteiger partial charge in [0, 0.05) is 23.8 Å². The largest absolute Gasteiger partial charge is 0.302 e. The first-order valence-electron chi connectivity index (χ1n) is 5.57. The van der Waals surface area contributed by atoms with Crippen LogP contribution in [-0.4, -0.2) is 10.9 Å². The van der Waals surface area contributed by atoms with Gasteiger partial charge in [0.15, 0.2) is 5.13 Å². The van der Waals surface area contributed by atoms with E-state index in [0.29, 0.717) is 5.13 Å². The van der Waals surface area contributed by atoms with Crippen molar-refractivity contribution in [2.75, 3.05) is 5.32 Å². The second kappa shape index (κ2) is 6.56. The Hall–Kier alpha value is -1.33. The van der Waals surface area contributed by atoms with Crippen LogP contribution in [0.15, 0.2) is 35.7 Å². The summed E-state index contributed by atoms with van der Waals surface area (Å²) in [5, 5.41) is 5.36. The molecular formula is C13H14N2OS2. The Balaban J connectivity index is 1.80.